The summed E-state index contributed by atoms with van der Waals surface area (Å²) in [6, 6.07) is 30.3. The van der Waals surface area contributed by atoms with Crippen LogP contribution < -0.4 is 30.2 Å². The molecule has 0 aliphatic heterocycles. The van der Waals surface area contributed by atoms with Crippen molar-refractivity contribution >= 4 is 46.3 Å². The predicted octanol–water partition coefficient (Wildman–Crippen LogP) is 4.84. The first kappa shape index (κ1) is 23.0. The molecule has 2 aromatic heterocycles. The summed E-state index contributed by atoms with van der Waals surface area (Å²) in [5.41, 5.74) is 2.08. The van der Waals surface area contributed by atoms with Crippen LogP contribution in [0.15, 0.2) is 102 Å². The maximum atomic E-state index is 13.7. The third-order valence-electron chi connectivity index (χ3n) is 6.07. The van der Waals surface area contributed by atoms with Crippen molar-refractivity contribution in [1.82, 2.24) is 14.4 Å². The quantitative estimate of drug-likeness (QED) is 0.183. The average molecular weight is 507 g/mol. The molecule has 8 heteroatoms. The molecule has 0 radical (unpaired) electrons. The fourth-order valence-electron chi connectivity index (χ4n) is 4.28. The van der Waals surface area contributed by atoms with E-state index in [4.69, 9.17) is 24.0 Å². The van der Waals surface area contributed by atoms with E-state index in [0.717, 1.165) is 10.6 Å². The van der Waals surface area contributed by atoms with Gasteiger partial charge in [-0.25, -0.2) is 9.97 Å². The Morgan fingerprint density at radius 1 is 0.703 bits per heavy atom. The normalized spacial score (nSPS) is 11.3. The van der Waals surface area contributed by atoms with Crippen molar-refractivity contribution in [3.8, 4) is 17.4 Å². The van der Waals surface area contributed by atoms with Crippen LogP contribution in [0.25, 0.3) is 27.6 Å². The minimum Gasteiger partial charge on any atom is -0.497 e. The maximum absolute atomic E-state index is 13.7. The molecule has 0 unspecified atom stereocenters. The fourth-order valence-corrected chi connectivity index (χ4v) is 6.02. The number of rotatable bonds is 6. The Hall–Kier alpha value is -4.48. The Morgan fingerprint density at radius 2 is 1.32 bits per heavy atom. The number of nitrogens with zero attached hydrogens (tertiary/aromatic N) is 3. The highest BCUT2D eigenvalue weighted by molar-refractivity contribution is 7.68. The third kappa shape index (κ3) is 4.13. The first-order chi connectivity index (χ1) is 18.2. The van der Waals surface area contributed by atoms with Crippen molar-refractivity contribution in [2.75, 3.05) is 14.2 Å². The number of methoxy groups -OCH3 is 2. The lowest BCUT2D eigenvalue weighted by Crippen LogP contribution is -2.20. The summed E-state index contributed by atoms with van der Waals surface area (Å²) in [6.45, 7) is 0. The van der Waals surface area contributed by atoms with E-state index in [0.29, 0.717) is 39.1 Å². The summed E-state index contributed by atoms with van der Waals surface area (Å²) in [5, 5.41) is 2.36. The van der Waals surface area contributed by atoms with E-state index >= 15 is 0 Å². The fraction of sp³-hybridized carbons (Fsp3) is 0.0690. The molecule has 0 aliphatic rings. The Kier molecular flexibility index (Phi) is 5.91. The molecule has 0 aliphatic carbocycles. The second-order valence-electron chi connectivity index (χ2n) is 8.29. The van der Waals surface area contributed by atoms with Gasteiger partial charge in [-0.3, -0.25) is 9.20 Å². The van der Waals surface area contributed by atoms with E-state index in [-0.39, 0.29) is 11.4 Å². The SMILES string of the molecule is COc1cccc(P(Oc2nc3ccccc3n3c(=O)c4ccccc4nc23)c2cccc(OC)c2)c1. The van der Waals surface area contributed by atoms with E-state index in [1.54, 1.807) is 24.7 Å². The van der Waals surface area contributed by atoms with Crippen LogP contribution in [-0.4, -0.2) is 28.6 Å². The first-order valence-corrected chi connectivity index (χ1v) is 12.9. The van der Waals surface area contributed by atoms with Gasteiger partial charge in [-0.2, -0.15) is 0 Å². The monoisotopic (exact) mass is 507 g/mol. The predicted molar refractivity (Wildman–Crippen MR) is 147 cm³/mol. The van der Waals surface area contributed by atoms with E-state index < -0.39 is 8.15 Å². The maximum Gasteiger partial charge on any atom is 0.266 e. The number of hydrogen-bond acceptors (Lipinski definition) is 6. The summed E-state index contributed by atoms with van der Waals surface area (Å²) >= 11 is 0. The van der Waals surface area contributed by atoms with Gasteiger partial charge in [-0.1, -0.05) is 48.5 Å². The van der Waals surface area contributed by atoms with Gasteiger partial charge in [-0.15, -0.1) is 0 Å². The zero-order valence-corrected chi connectivity index (χ0v) is 21.1. The number of para-hydroxylation sites is 3. The minimum atomic E-state index is -1.43. The van der Waals surface area contributed by atoms with Crippen molar-refractivity contribution in [2.24, 2.45) is 0 Å². The molecule has 0 atom stereocenters. The highest BCUT2D eigenvalue weighted by Gasteiger charge is 2.23. The number of hydrogen-bond donors (Lipinski definition) is 0. The summed E-state index contributed by atoms with van der Waals surface area (Å²) in [6.07, 6.45) is 0. The molecule has 0 fully saturated rings. The van der Waals surface area contributed by atoms with Crippen LogP contribution in [0.4, 0.5) is 0 Å². The first-order valence-electron chi connectivity index (χ1n) is 11.6. The van der Waals surface area contributed by atoms with Gasteiger partial charge in [-0.05, 0) is 48.5 Å². The highest BCUT2D eigenvalue weighted by Crippen LogP contribution is 2.39. The molecule has 0 bridgehead atoms. The van der Waals surface area contributed by atoms with E-state index in [1.807, 2.05) is 91.0 Å². The number of aromatic nitrogens is 3. The second kappa shape index (κ2) is 9.52. The second-order valence-corrected chi connectivity index (χ2v) is 10.1. The third-order valence-corrected chi connectivity index (χ3v) is 7.91. The molecule has 37 heavy (non-hydrogen) atoms. The van der Waals surface area contributed by atoms with Crippen LogP contribution >= 0.6 is 8.15 Å². The highest BCUT2D eigenvalue weighted by atomic mass is 31.1. The largest absolute Gasteiger partial charge is 0.497 e. The van der Waals surface area contributed by atoms with Crippen LogP contribution in [0, 0.1) is 0 Å². The molecule has 6 aromatic rings. The Bertz CT molecular complexity index is 1790. The molecular formula is C29H22N3O4P. The topological polar surface area (TPSA) is 75.0 Å². The smallest absolute Gasteiger partial charge is 0.266 e. The molecular weight excluding hydrogens is 485 g/mol. The lowest BCUT2D eigenvalue weighted by Gasteiger charge is -2.21. The van der Waals surface area contributed by atoms with Crippen LogP contribution in [0.2, 0.25) is 0 Å². The lowest BCUT2D eigenvalue weighted by atomic mass is 10.2. The standard InChI is InChI=1S/C29H22N3O4P/c1-34-19-9-7-11-21(17-19)37(22-12-8-10-20(18-22)35-2)36-28-27-30-24-14-4-3-13-23(24)29(33)32(27)26-16-6-5-15-25(26)31-28/h3-18H,1-2H3. The molecule has 0 saturated heterocycles. The van der Waals surface area contributed by atoms with Crippen molar-refractivity contribution < 1.29 is 14.0 Å². The zero-order chi connectivity index (χ0) is 25.4. The van der Waals surface area contributed by atoms with Crippen LogP contribution in [0.1, 0.15) is 0 Å². The molecule has 6 rings (SSSR count). The number of fused-ring (bicyclic) bond motifs is 4. The van der Waals surface area contributed by atoms with Crippen molar-refractivity contribution in [1.29, 1.82) is 0 Å². The van der Waals surface area contributed by atoms with E-state index in [2.05, 4.69) is 0 Å². The summed E-state index contributed by atoms with van der Waals surface area (Å²) in [7, 11) is 1.83. The molecule has 4 aromatic carbocycles. The molecule has 0 amide bonds. The van der Waals surface area contributed by atoms with Gasteiger partial charge in [0, 0.05) is 10.6 Å². The Balaban J connectivity index is 1.62. The number of ether oxygens (including phenoxy) is 2. The van der Waals surface area contributed by atoms with Gasteiger partial charge in [0.25, 0.3) is 11.4 Å². The van der Waals surface area contributed by atoms with Gasteiger partial charge in [0.05, 0.1) is 36.2 Å². The molecule has 0 N–H and O–H groups in total. The average Bonchev–Trinajstić information content (AvgIpc) is 2.96. The van der Waals surface area contributed by atoms with Crippen LogP contribution in [-0.2, 0) is 0 Å². The molecule has 182 valence electrons. The lowest BCUT2D eigenvalue weighted by molar-refractivity contribution is 0.415. The number of benzene rings is 4. The summed E-state index contributed by atoms with van der Waals surface area (Å²) in [5.74, 6) is 1.71. The van der Waals surface area contributed by atoms with E-state index in [1.165, 1.54) is 0 Å². The van der Waals surface area contributed by atoms with Gasteiger partial charge in [0.2, 0.25) is 5.65 Å². The Morgan fingerprint density at radius 3 is 2.00 bits per heavy atom. The van der Waals surface area contributed by atoms with Crippen molar-refractivity contribution in [2.45, 2.75) is 0 Å². The minimum absolute atomic E-state index is 0.170. The van der Waals surface area contributed by atoms with Crippen LogP contribution in [0.3, 0.4) is 0 Å². The zero-order valence-electron chi connectivity index (χ0n) is 20.2. The molecule has 0 saturated carbocycles. The Labute approximate surface area is 213 Å². The molecule has 0 spiro atoms. The molecule has 7 nitrogen and oxygen atoms in total. The van der Waals surface area contributed by atoms with Gasteiger partial charge in [0.1, 0.15) is 11.5 Å². The van der Waals surface area contributed by atoms with Crippen LogP contribution in [0.5, 0.6) is 17.4 Å². The van der Waals surface area contributed by atoms with Gasteiger partial charge >= 0.3 is 0 Å². The van der Waals surface area contributed by atoms with Crippen molar-refractivity contribution in [3.63, 3.8) is 0 Å². The van der Waals surface area contributed by atoms with Gasteiger partial charge in [0.15, 0.2) is 8.15 Å². The van der Waals surface area contributed by atoms with E-state index in [9.17, 15) is 4.79 Å². The summed E-state index contributed by atoms with van der Waals surface area (Å²) < 4.78 is 19.3. The van der Waals surface area contributed by atoms with Gasteiger partial charge < -0.3 is 14.0 Å². The summed E-state index contributed by atoms with van der Waals surface area (Å²) in [4.78, 5) is 23.3. The van der Waals surface area contributed by atoms with Crippen molar-refractivity contribution in [3.05, 3.63) is 107 Å². The molecule has 2 heterocycles.